The van der Waals surface area contributed by atoms with Crippen molar-refractivity contribution in [3.8, 4) is 0 Å². The van der Waals surface area contributed by atoms with Crippen LogP contribution in [0.3, 0.4) is 0 Å². The molecule has 0 amide bonds. The third-order valence-electron chi connectivity index (χ3n) is 1.62. The first-order valence-electron chi connectivity index (χ1n) is 4.14. The number of aromatic nitrogens is 4. The lowest BCUT2D eigenvalue weighted by atomic mass is 10.5. The molecule has 0 spiro atoms. The molecule has 0 saturated carbocycles. The zero-order valence-electron chi connectivity index (χ0n) is 7.64. The van der Waals surface area contributed by atoms with Crippen LogP contribution in [-0.2, 0) is 0 Å². The Bertz CT molecular complexity index is 508. The Morgan fingerprint density at radius 3 is 2.67 bits per heavy atom. The van der Waals surface area contributed by atoms with Gasteiger partial charge in [-0.3, -0.25) is 15.1 Å². The van der Waals surface area contributed by atoms with Crippen LogP contribution in [0.15, 0.2) is 29.5 Å². The number of nitrogens with two attached hydrogens (primary N) is 1. The molecule has 7 nitrogen and oxygen atoms in total. The van der Waals surface area contributed by atoms with E-state index in [2.05, 4.69) is 25.3 Å². The SMILES string of the molecule is Nc1cnc(Nc2ncccn2)[nH]c1=O. The number of hydrogen-bond acceptors (Lipinski definition) is 6. The largest absolute Gasteiger partial charge is 0.393 e. The molecule has 0 aromatic carbocycles. The van der Waals surface area contributed by atoms with E-state index >= 15 is 0 Å². The van der Waals surface area contributed by atoms with Gasteiger partial charge in [-0.25, -0.2) is 15.0 Å². The molecule has 0 saturated heterocycles. The van der Waals surface area contributed by atoms with E-state index in [-0.39, 0.29) is 11.6 Å². The van der Waals surface area contributed by atoms with Gasteiger partial charge in [-0.1, -0.05) is 0 Å². The van der Waals surface area contributed by atoms with Gasteiger partial charge >= 0.3 is 0 Å². The number of hydrogen-bond donors (Lipinski definition) is 3. The first-order chi connectivity index (χ1) is 7.25. The third-order valence-corrected chi connectivity index (χ3v) is 1.62. The molecule has 0 radical (unpaired) electrons. The Labute approximate surface area is 84.4 Å². The molecular weight excluding hydrogens is 196 g/mol. The van der Waals surface area contributed by atoms with E-state index in [1.165, 1.54) is 6.20 Å². The predicted molar refractivity (Wildman–Crippen MR) is 54.6 cm³/mol. The lowest BCUT2D eigenvalue weighted by molar-refractivity contribution is 1.08. The molecule has 2 heterocycles. The molecule has 2 aromatic rings. The third kappa shape index (κ3) is 2.08. The van der Waals surface area contributed by atoms with Gasteiger partial charge in [-0.05, 0) is 6.07 Å². The Hall–Kier alpha value is -2.44. The van der Waals surface area contributed by atoms with Crippen molar-refractivity contribution in [2.75, 3.05) is 11.1 Å². The molecule has 0 fully saturated rings. The van der Waals surface area contributed by atoms with Crippen molar-refractivity contribution in [2.45, 2.75) is 0 Å². The highest BCUT2D eigenvalue weighted by Crippen LogP contribution is 2.03. The van der Waals surface area contributed by atoms with Gasteiger partial charge in [0.15, 0.2) is 0 Å². The average Bonchev–Trinajstić information content (AvgIpc) is 2.25. The summed E-state index contributed by atoms with van der Waals surface area (Å²) in [5.74, 6) is 0.603. The summed E-state index contributed by atoms with van der Waals surface area (Å²) in [6, 6.07) is 1.68. The van der Waals surface area contributed by atoms with Gasteiger partial charge in [0.25, 0.3) is 5.56 Å². The van der Waals surface area contributed by atoms with Crippen molar-refractivity contribution < 1.29 is 0 Å². The van der Waals surface area contributed by atoms with Crippen LogP contribution in [0.2, 0.25) is 0 Å². The van der Waals surface area contributed by atoms with Crippen LogP contribution in [0.1, 0.15) is 0 Å². The molecule has 0 aliphatic rings. The van der Waals surface area contributed by atoms with Crippen molar-refractivity contribution >= 4 is 17.6 Å². The Morgan fingerprint density at radius 2 is 2.00 bits per heavy atom. The second-order valence-electron chi connectivity index (χ2n) is 2.71. The van der Waals surface area contributed by atoms with Crippen LogP contribution in [0.25, 0.3) is 0 Å². The fourth-order valence-electron chi connectivity index (χ4n) is 0.938. The summed E-state index contributed by atoms with van der Waals surface area (Å²) in [6.45, 7) is 0. The molecule has 0 atom stereocenters. The van der Waals surface area contributed by atoms with E-state index in [9.17, 15) is 4.79 Å². The molecule has 7 heteroatoms. The zero-order valence-corrected chi connectivity index (χ0v) is 7.64. The number of rotatable bonds is 2. The summed E-state index contributed by atoms with van der Waals surface area (Å²) in [7, 11) is 0. The minimum absolute atomic E-state index is 0.0644. The van der Waals surface area contributed by atoms with Gasteiger partial charge in [0.1, 0.15) is 5.69 Å². The van der Waals surface area contributed by atoms with Crippen LogP contribution < -0.4 is 16.6 Å². The number of nitrogens with zero attached hydrogens (tertiary/aromatic N) is 3. The maximum atomic E-state index is 11.1. The van der Waals surface area contributed by atoms with Gasteiger partial charge < -0.3 is 5.73 Å². The molecule has 0 aliphatic heterocycles. The quantitative estimate of drug-likeness (QED) is 0.629. The minimum atomic E-state index is -0.400. The Balaban J connectivity index is 2.26. The van der Waals surface area contributed by atoms with Crippen molar-refractivity contribution in [3.05, 3.63) is 35.0 Å². The summed E-state index contributed by atoms with van der Waals surface area (Å²) in [6.07, 6.45) is 4.42. The highest BCUT2D eigenvalue weighted by Gasteiger charge is 2.00. The first kappa shape index (κ1) is 9.13. The average molecular weight is 204 g/mol. The molecule has 0 unspecified atom stereocenters. The molecule has 2 aromatic heterocycles. The smallest absolute Gasteiger partial charge is 0.275 e. The highest BCUT2D eigenvalue weighted by molar-refractivity contribution is 5.43. The Kier molecular flexibility index (Phi) is 2.28. The number of nitrogens with one attached hydrogen (secondary N) is 2. The van der Waals surface area contributed by atoms with Crippen LogP contribution in [0.4, 0.5) is 17.6 Å². The van der Waals surface area contributed by atoms with Gasteiger partial charge in [0.2, 0.25) is 11.9 Å². The number of aromatic amines is 1. The molecule has 0 aliphatic carbocycles. The first-order valence-corrected chi connectivity index (χ1v) is 4.14. The summed E-state index contributed by atoms with van der Waals surface area (Å²) < 4.78 is 0. The lowest BCUT2D eigenvalue weighted by Gasteiger charge is -2.02. The van der Waals surface area contributed by atoms with Crippen molar-refractivity contribution in [2.24, 2.45) is 0 Å². The summed E-state index contributed by atoms with van der Waals surface area (Å²) in [5, 5.41) is 2.73. The maximum Gasteiger partial charge on any atom is 0.275 e. The topological polar surface area (TPSA) is 110 Å². The molecule has 0 bridgehead atoms. The molecular formula is C8H8N6O. The van der Waals surface area contributed by atoms with Crippen LogP contribution in [0.5, 0.6) is 0 Å². The monoisotopic (exact) mass is 204 g/mol. The summed E-state index contributed by atoms with van der Waals surface area (Å²) >= 11 is 0. The molecule has 4 N–H and O–H groups in total. The lowest BCUT2D eigenvalue weighted by Crippen LogP contribution is -2.14. The van der Waals surface area contributed by atoms with E-state index in [1.54, 1.807) is 18.5 Å². The van der Waals surface area contributed by atoms with Crippen LogP contribution in [0, 0.1) is 0 Å². The van der Waals surface area contributed by atoms with Gasteiger partial charge in [0.05, 0.1) is 6.20 Å². The maximum absolute atomic E-state index is 11.1. The van der Waals surface area contributed by atoms with Crippen molar-refractivity contribution in [1.29, 1.82) is 0 Å². The molecule has 15 heavy (non-hydrogen) atoms. The number of anilines is 3. The standard InChI is InChI=1S/C8H8N6O/c9-5-4-12-8(13-6(5)15)14-7-10-2-1-3-11-7/h1-4H,9H2,(H2,10,11,12,13,14,15). The normalized spacial score (nSPS) is 9.87. The highest BCUT2D eigenvalue weighted by atomic mass is 16.1. The van der Waals surface area contributed by atoms with E-state index in [1.807, 2.05) is 0 Å². The van der Waals surface area contributed by atoms with E-state index in [4.69, 9.17) is 5.73 Å². The minimum Gasteiger partial charge on any atom is -0.393 e. The predicted octanol–water partition coefficient (Wildman–Crippen LogP) is -0.114. The summed E-state index contributed by atoms with van der Waals surface area (Å²) in [5.41, 5.74) is 4.98. The van der Waals surface area contributed by atoms with Crippen molar-refractivity contribution in [3.63, 3.8) is 0 Å². The van der Waals surface area contributed by atoms with E-state index in [0.29, 0.717) is 5.95 Å². The fourth-order valence-corrected chi connectivity index (χ4v) is 0.938. The number of H-pyrrole nitrogens is 1. The summed E-state index contributed by atoms with van der Waals surface area (Å²) in [4.78, 5) is 25.3. The molecule has 2 rings (SSSR count). The van der Waals surface area contributed by atoms with Crippen LogP contribution in [-0.4, -0.2) is 19.9 Å². The van der Waals surface area contributed by atoms with Gasteiger partial charge in [0, 0.05) is 12.4 Å². The molecule has 76 valence electrons. The Morgan fingerprint density at radius 1 is 1.27 bits per heavy atom. The number of nitrogen functional groups attached to an aromatic ring is 1. The second-order valence-corrected chi connectivity index (χ2v) is 2.71. The van der Waals surface area contributed by atoms with Crippen LogP contribution >= 0.6 is 0 Å². The van der Waals surface area contributed by atoms with Gasteiger partial charge in [-0.15, -0.1) is 0 Å². The van der Waals surface area contributed by atoms with Gasteiger partial charge in [-0.2, -0.15) is 0 Å². The van der Waals surface area contributed by atoms with E-state index < -0.39 is 5.56 Å². The second kappa shape index (κ2) is 3.74. The fraction of sp³-hybridized carbons (Fsp3) is 0. The zero-order chi connectivity index (χ0) is 10.7. The van der Waals surface area contributed by atoms with Crippen molar-refractivity contribution in [1.82, 2.24) is 19.9 Å². The van der Waals surface area contributed by atoms with E-state index in [0.717, 1.165) is 0 Å².